The molecule has 1 atom stereocenters. The van der Waals surface area contributed by atoms with Gasteiger partial charge in [-0.05, 0) is 23.4 Å². The second kappa shape index (κ2) is 9.48. The molecule has 0 spiro atoms. The average Bonchev–Trinajstić information content (AvgIpc) is 3.09. The van der Waals surface area contributed by atoms with Crippen LogP contribution in [0.1, 0.15) is 57.1 Å². The number of ether oxygens (including phenoxy) is 1. The number of amides is 1. The molecule has 3 rings (SSSR count). The van der Waals surface area contributed by atoms with E-state index >= 15 is 0 Å². The van der Waals surface area contributed by atoms with Crippen molar-refractivity contribution >= 4 is 16.7 Å². The third-order valence-corrected chi connectivity index (χ3v) is 5.17. The van der Waals surface area contributed by atoms with E-state index < -0.39 is 18.1 Å². The predicted molar refractivity (Wildman–Crippen MR) is 106 cm³/mol. The quantitative estimate of drug-likeness (QED) is 0.555. The maximum atomic E-state index is 14.0. The molecule has 1 aliphatic heterocycles. The normalized spacial score (nSPS) is 16.2. The Morgan fingerprint density at radius 3 is 2.48 bits per heavy atom. The van der Waals surface area contributed by atoms with Crippen LogP contribution in [0, 0.1) is 0 Å². The SMILES string of the molecule is CCCCCCCOc1cccc2cccc(C(N3CCC(=O)N3)C(F)(F)F)c12. The summed E-state index contributed by atoms with van der Waals surface area (Å²) in [6.45, 7) is 2.63. The zero-order chi connectivity index (χ0) is 20.9. The summed E-state index contributed by atoms with van der Waals surface area (Å²) >= 11 is 0. The average molecular weight is 408 g/mol. The lowest BCUT2D eigenvalue weighted by Crippen LogP contribution is -2.43. The molecule has 1 amide bonds. The van der Waals surface area contributed by atoms with E-state index in [2.05, 4.69) is 12.3 Å². The van der Waals surface area contributed by atoms with Crippen molar-refractivity contribution < 1.29 is 22.7 Å². The molecule has 1 fully saturated rings. The van der Waals surface area contributed by atoms with Crippen molar-refractivity contribution in [2.75, 3.05) is 13.2 Å². The van der Waals surface area contributed by atoms with Gasteiger partial charge in [-0.1, -0.05) is 62.9 Å². The van der Waals surface area contributed by atoms with E-state index in [1.54, 1.807) is 30.3 Å². The molecule has 1 saturated heterocycles. The highest BCUT2D eigenvalue weighted by atomic mass is 19.4. The van der Waals surface area contributed by atoms with E-state index in [0.717, 1.165) is 30.7 Å². The highest BCUT2D eigenvalue weighted by Gasteiger charge is 2.47. The van der Waals surface area contributed by atoms with Gasteiger partial charge in [-0.3, -0.25) is 10.2 Å². The summed E-state index contributed by atoms with van der Waals surface area (Å²) < 4.78 is 48.0. The second-order valence-electron chi connectivity index (χ2n) is 7.39. The fraction of sp³-hybridized carbons (Fsp3) is 0.500. The van der Waals surface area contributed by atoms with Crippen LogP contribution < -0.4 is 10.2 Å². The number of hydrazine groups is 1. The molecule has 1 unspecified atom stereocenters. The summed E-state index contributed by atoms with van der Waals surface area (Å²) in [5.74, 6) is 0.0522. The number of unbranched alkanes of at least 4 members (excludes halogenated alkanes) is 4. The second-order valence-corrected chi connectivity index (χ2v) is 7.39. The van der Waals surface area contributed by atoms with Gasteiger partial charge < -0.3 is 4.74 Å². The van der Waals surface area contributed by atoms with Gasteiger partial charge in [0.15, 0.2) is 6.04 Å². The lowest BCUT2D eigenvalue weighted by atomic mass is 9.97. The Hall–Kier alpha value is -2.28. The Kier molecular flexibility index (Phi) is 7.00. The van der Waals surface area contributed by atoms with Gasteiger partial charge in [0.2, 0.25) is 5.91 Å². The Bertz CT molecular complexity index is 833. The molecule has 1 aliphatic rings. The molecule has 0 aromatic heterocycles. The van der Waals surface area contributed by atoms with Crippen LogP contribution in [0.2, 0.25) is 0 Å². The maximum Gasteiger partial charge on any atom is 0.409 e. The molecule has 29 heavy (non-hydrogen) atoms. The molecule has 2 aromatic rings. The first-order valence-corrected chi connectivity index (χ1v) is 10.2. The number of hydrogen-bond donors (Lipinski definition) is 1. The van der Waals surface area contributed by atoms with Crippen LogP contribution in [0.3, 0.4) is 0 Å². The fourth-order valence-corrected chi connectivity index (χ4v) is 3.78. The number of carbonyl (C=O) groups excluding carboxylic acids is 1. The lowest BCUT2D eigenvalue weighted by Gasteiger charge is -2.30. The molecule has 2 aromatic carbocycles. The number of alkyl halides is 3. The maximum absolute atomic E-state index is 14.0. The number of fused-ring (bicyclic) bond motifs is 1. The largest absolute Gasteiger partial charge is 0.493 e. The van der Waals surface area contributed by atoms with Gasteiger partial charge in [0, 0.05) is 18.4 Å². The van der Waals surface area contributed by atoms with Crippen LogP contribution in [0.25, 0.3) is 10.8 Å². The zero-order valence-corrected chi connectivity index (χ0v) is 16.6. The van der Waals surface area contributed by atoms with E-state index in [0.29, 0.717) is 23.1 Å². The molecule has 1 N–H and O–H groups in total. The minimum absolute atomic E-state index is 0.0137. The van der Waals surface area contributed by atoms with Gasteiger partial charge in [-0.15, -0.1) is 0 Å². The van der Waals surface area contributed by atoms with Crippen molar-refractivity contribution in [2.45, 2.75) is 57.7 Å². The van der Waals surface area contributed by atoms with Crippen molar-refractivity contribution in [2.24, 2.45) is 0 Å². The van der Waals surface area contributed by atoms with Crippen molar-refractivity contribution in [1.82, 2.24) is 10.4 Å². The molecule has 0 aliphatic carbocycles. The van der Waals surface area contributed by atoms with Crippen LogP contribution in [0.5, 0.6) is 5.75 Å². The summed E-state index contributed by atoms with van der Waals surface area (Å²) in [6, 6.07) is 8.23. The smallest absolute Gasteiger partial charge is 0.409 e. The number of rotatable bonds is 9. The highest BCUT2D eigenvalue weighted by Crippen LogP contribution is 2.43. The molecule has 0 bridgehead atoms. The standard InChI is InChI=1S/C22H27F3N2O2/c1-2-3-4-5-6-15-29-18-12-8-10-16-9-7-11-17(20(16)18)21(22(23,24)25)27-14-13-19(28)26-27/h7-12,21H,2-6,13-15H2,1H3,(H,26,28). The van der Waals surface area contributed by atoms with Crippen molar-refractivity contribution in [3.8, 4) is 5.75 Å². The minimum Gasteiger partial charge on any atom is -0.493 e. The molecule has 158 valence electrons. The molecule has 1 heterocycles. The number of benzene rings is 2. The molecule has 7 heteroatoms. The van der Waals surface area contributed by atoms with Gasteiger partial charge in [-0.25, -0.2) is 5.01 Å². The summed E-state index contributed by atoms with van der Waals surface area (Å²) in [6.07, 6.45) is 0.871. The van der Waals surface area contributed by atoms with Gasteiger partial charge in [0.05, 0.1) is 6.61 Å². The van der Waals surface area contributed by atoms with Crippen molar-refractivity contribution in [1.29, 1.82) is 0 Å². The zero-order valence-electron chi connectivity index (χ0n) is 16.6. The van der Waals surface area contributed by atoms with Crippen molar-refractivity contribution in [3.05, 3.63) is 42.0 Å². The molecule has 4 nitrogen and oxygen atoms in total. The van der Waals surface area contributed by atoms with Crippen LogP contribution in [0.15, 0.2) is 36.4 Å². The first-order chi connectivity index (χ1) is 13.9. The Morgan fingerprint density at radius 2 is 1.83 bits per heavy atom. The summed E-state index contributed by atoms with van der Waals surface area (Å²) in [5.41, 5.74) is 2.44. The lowest BCUT2D eigenvalue weighted by molar-refractivity contribution is -0.190. The predicted octanol–water partition coefficient (Wildman–Crippen LogP) is 5.53. The summed E-state index contributed by atoms with van der Waals surface area (Å²) in [7, 11) is 0. The third kappa shape index (κ3) is 5.21. The number of nitrogens with zero attached hydrogens (tertiary/aromatic N) is 1. The van der Waals surface area contributed by atoms with Gasteiger partial charge in [-0.2, -0.15) is 13.2 Å². The van der Waals surface area contributed by atoms with E-state index in [1.807, 2.05) is 0 Å². The Labute approximate surface area is 169 Å². The molecule has 0 radical (unpaired) electrons. The third-order valence-electron chi connectivity index (χ3n) is 5.17. The first-order valence-electron chi connectivity index (χ1n) is 10.2. The van der Waals surface area contributed by atoms with E-state index in [9.17, 15) is 18.0 Å². The summed E-state index contributed by atoms with van der Waals surface area (Å²) in [4.78, 5) is 11.6. The molecular weight excluding hydrogens is 381 g/mol. The minimum atomic E-state index is -4.54. The van der Waals surface area contributed by atoms with Crippen LogP contribution >= 0.6 is 0 Å². The monoisotopic (exact) mass is 408 g/mol. The van der Waals surface area contributed by atoms with Gasteiger partial charge in [0.25, 0.3) is 0 Å². The number of hydrogen-bond acceptors (Lipinski definition) is 3. The van der Waals surface area contributed by atoms with Crippen LogP contribution in [0.4, 0.5) is 13.2 Å². The van der Waals surface area contributed by atoms with E-state index in [-0.39, 0.29) is 18.5 Å². The van der Waals surface area contributed by atoms with E-state index in [4.69, 9.17) is 4.74 Å². The fourth-order valence-electron chi connectivity index (χ4n) is 3.78. The van der Waals surface area contributed by atoms with E-state index in [1.165, 1.54) is 12.5 Å². The number of nitrogens with one attached hydrogen (secondary N) is 1. The Morgan fingerprint density at radius 1 is 1.10 bits per heavy atom. The van der Waals surface area contributed by atoms with Gasteiger partial charge >= 0.3 is 6.18 Å². The van der Waals surface area contributed by atoms with Crippen LogP contribution in [-0.4, -0.2) is 30.2 Å². The number of carbonyl (C=O) groups is 1. The number of halogens is 3. The van der Waals surface area contributed by atoms with Crippen LogP contribution in [-0.2, 0) is 4.79 Å². The summed E-state index contributed by atoms with van der Waals surface area (Å²) in [5, 5.41) is 2.12. The van der Waals surface area contributed by atoms with Crippen molar-refractivity contribution in [3.63, 3.8) is 0 Å². The molecular formula is C22H27F3N2O2. The Balaban J connectivity index is 1.91. The van der Waals surface area contributed by atoms with Gasteiger partial charge in [0.1, 0.15) is 5.75 Å². The molecule has 0 saturated carbocycles. The first kappa shape index (κ1) is 21.4. The highest BCUT2D eigenvalue weighted by molar-refractivity contribution is 5.92. The topological polar surface area (TPSA) is 41.6 Å².